The van der Waals surface area contributed by atoms with Gasteiger partial charge in [-0.1, -0.05) is 19.9 Å². The Morgan fingerprint density at radius 2 is 1.97 bits per heavy atom. The number of thiol groups is 1. The molecule has 2 unspecified atom stereocenters. The number of aliphatic hydroxyl groups is 1. The summed E-state index contributed by atoms with van der Waals surface area (Å²) in [5.74, 6) is -3.95. The van der Waals surface area contributed by atoms with Gasteiger partial charge in [-0.3, -0.25) is 9.59 Å². The maximum atomic E-state index is 17.4. The van der Waals surface area contributed by atoms with Crippen LogP contribution in [0, 0.1) is 28.6 Å². The van der Waals surface area contributed by atoms with E-state index in [2.05, 4.69) is 12.6 Å². The van der Waals surface area contributed by atoms with Crippen LogP contribution in [-0.4, -0.2) is 39.3 Å². The van der Waals surface area contributed by atoms with Crippen molar-refractivity contribution in [3.63, 3.8) is 0 Å². The van der Waals surface area contributed by atoms with E-state index in [-0.39, 0.29) is 36.4 Å². The zero-order valence-corrected chi connectivity index (χ0v) is 21.3. The molecule has 6 nitrogen and oxygen atoms in total. The lowest BCUT2D eigenvalue weighted by Gasteiger charge is -2.67. The Labute approximate surface area is 213 Å². The van der Waals surface area contributed by atoms with Gasteiger partial charge in [-0.05, 0) is 55.9 Å². The third-order valence-corrected chi connectivity index (χ3v) is 10.1. The minimum Gasteiger partial charge on any atom is -0.457 e. The summed E-state index contributed by atoms with van der Waals surface area (Å²) >= 11 is 4.16. The minimum atomic E-state index is -2.28. The molecule has 8 atom stereocenters. The number of hydrogen-bond donors (Lipinski definition) is 2. The van der Waals surface area contributed by atoms with Gasteiger partial charge in [0.1, 0.15) is 5.83 Å². The lowest BCUT2D eigenvalue weighted by molar-refractivity contribution is -0.253. The summed E-state index contributed by atoms with van der Waals surface area (Å²) in [7, 11) is 0. The van der Waals surface area contributed by atoms with Crippen molar-refractivity contribution in [1.29, 1.82) is 0 Å². The number of aliphatic hydroxyl groups excluding tert-OH is 1. The number of hydrogen-bond acceptors (Lipinski definition) is 6. The zero-order chi connectivity index (χ0) is 26.3. The molecule has 0 radical (unpaired) electrons. The van der Waals surface area contributed by atoms with E-state index in [9.17, 15) is 19.5 Å². The summed E-state index contributed by atoms with van der Waals surface area (Å²) in [5.41, 5.74) is -6.77. The average Bonchev–Trinajstić information content (AvgIpc) is 3.35. The largest absolute Gasteiger partial charge is 0.457 e. The number of fused-ring (bicyclic) bond motifs is 5. The van der Waals surface area contributed by atoms with Gasteiger partial charge in [0, 0.05) is 35.5 Å². The molecule has 194 valence electrons. The highest BCUT2D eigenvalue weighted by Gasteiger charge is 2.75. The van der Waals surface area contributed by atoms with Gasteiger partial charge in [0.25, 0.3) is 0 Å². The minimum absolute atomic E-state index is 0.0707. The lowest BCUT2D eigenvalue weighted by atomic mass is 9.40. The topological polar surface area (TPSA) is 93.8 Å². The van der Waals surface area contributed by atoms with E-state index in [4.69, 9.17) is 9.15 Å². The van der Waals surface area contributed by atoms with E-state index in [0.29, 0.717) is 12.8 Å². The van der Waals surface area contributed by atoms with E-state index in [0.717, 1.165) is 0 Å². The van der Waals surface area contributed by atoms with Gasteiger partial charge in [0.05, 0.1) is 12.4 Å². The molecule has 1 aromatic heterocycles. The Morgan fingerprint density at radius 1 is 1.25 bits per heavy atom. The number of allylic oxidation sites excluding steroid dienone is 4. The first-order chi connectivity index (χ1) is 16.8. The highest BCUT2D eigenvalue weighted by molar-refractivity contribution is 7.96. The molecule has 1 N–H and O–H groups in total. The number of esters is 1. The third-order valence-electron chi connectivity index (χ3n) is 9.80. The normalized spacial score (nSPS) is 43.9. The fourth-order valence-electron chi connectivity index (χ4n) is 7.99. The molecule has 1 aromatic rings. The second kappa shape index (κ2) is 8.12. The Kier molecular flexibility index (Phi) is 5.73. The monoisotopic (exact) mass is 520 g/mol. The van der Waals surface area contributed by atoms with E-state index in [1.807, 2.05) is 0 Å². The Morgan fingerprint density at radius 3 is 2.61 bits per heavy atom. The third kappa shape index (κ3) is 3.01. The molecular formula is C27H30F2O6S. The van der Waals surface area contributed by atoms with Crippen molar-refractivity contribution in [2.75, 3.05) is 0 Å². The van der Waals surface area contributed by atoms with Crippen molar-refractivity contribution in [1.82, 2.24) is 0 Å². The molecule has 9 heteroatoms. The predicted octanol–water partition coefficient (Wildman–Crippen LogP) is 4.94. The molecule has 0 aromatic carbocycles. The number of furan rings is 1. The summed E-state index contributed by atoms with van der Waals surface area (Å²) in [6.07, 6.45) is 2.43. The van der Waals surface area contributed by atoms with Crippen LogP contribution in [0.2, 0.25) is 0 Å². The number of carbonyl (C=O) groups is 3. The number of carbonyl (C=O) groups excluding carboxylic acids is 3. The Balaban J connectivity index is 1.65. The molecule has 4 aliphatic carbocycles. The summed E-state index contributed by atoms with van der Waals surface area (Å²) in [5, 5.41) is 10.8. The van der Waals surface area contributed by atoms with Gasteiger partial charge in [0.15, 0.2) is 17.1 Å². The molecule has 4 aliphatic rings. The number of halogens is 2. The first-order valence-corrected chi connectivity index (χ1v) is 12.7. The first kappa shape index (κ1) is 25.4. The van der Waals surface area contributed by atoms with E-state index in [1.165, 1.54) is 37.5 Å². The number of alkyl halides is 1. The fourth-order valence-corrected chi connectivity index (χ4v) is 8.51. The fraction of sp³-hybridized carbons (Fsp3) is 0.593. The smallest absolute Gasteiger partial charge is 0.375 e. The van der Waals surface area contributed by atoms with Crippen molar-refractivity contribution in [2.45, 2.75) is 70.2 Å². The van der Waals surface area contributed by atoms with Gasteiger partial charge in [-0.2, -0.15) is 0 Å². The van der Waals surface area contributed by atoms with Gasteiger partial charge in [0.2, 0.25) is 10.9 Å². The van der Waals surface area contributed by atoms with E-state index >= 15 is 8.78 Å². The van der Waals surface area contributed by atoms with Crippen molar-refractivity contribution < 1.29 is 37.4 Å². The molecule has 0 spiro atoms. The quantitative estimate of drug-likeness (QED) is 0.433. The van der Waals surface area contributed by atoms with Crippen LogP contribution in [0.15, 0.2) is 46.4 Å². The van der Waals surface area contributed by atoms with Crippen LogP contribution in [0.5, 0.6) is 0 Å². The predicted molar refractivity (Wildman–Crippen MR) is 128 cm³/mol. The molecule has 1 heterocycles. The highest BCUT2D eigenvalue weighted by atomic mass is 32.1. The summed E-state index contributed by atoms with van der Waals surface area (Å²) in [4.78, 5) is 38.4. The maximum absolute atomic E-state index is 17.4. The van der Waals surface area contributed by atoms with Gasteiger partial charge in [-0.15, -0.1) is 12.6 Å². The molecular weight excluding hydrogens is 490 g/mol. The standard InChI is InChI=1S/C27H30F2O6S/c1-14-6-7-16-17-12-19(28)18-11-15(30)8-9-24(18,2)26(17,29)21(31)13-25(16,3)27(14,23(33)36)35-22(32)20-5-4-10-34-20/h4-5,8-10,14,16-17,21,31H,6-7,11-13H2,1-3H3,(H,33,36)/t14-,16?,17?,21+,24+,25+,26+,27+/m1/s1. The second-order valence-corrected chi connectivity index (χ2v) is 11.7. The second-order valence-electron chi connectivity index (χ2n) is 11.3. The van der Waals surface area contributed by atoms with Crippen LogP contribution in [0.1, 0.15) is 63.4 Å². The number of ketones is 1. The van der Waals surface area contributed by atoms with Crippen LogP contribution in [-0.2, 0) is 14.3 Å². The summed E-state index contributed by atoms with van der Waals surface area (Å²) in [6, 6.07) is 2.93. The first-order valence-electron chi connectivity index (χ1n) is 12.3. The average molecular weight is 521 g/mol. The maximum Gasteiger partial charge on any atom is 0.375 e. The SMILES string of the molecule is C[C@@H]1CCC2C3CC(F)=C4CC(=O)C=C[C@]4(C)[C@@]3(F)[C@@H](O)C[C@]2(C)[C@@]1(OC(=O)c1ccco1)C(=O)S. The number of rotatable bonds is 3. The van der Waals surface area contributed by atoms with Crippen LogP contribution in [0.3, 0.4) is 0 Å². The number of ether oxygens (including phenoxy) is 1. The molecule has 0 bridgehead atoms. The van der Waals surface area contributed by atoms with Crippen LogP contribution in [0.25, 0.3) is 0 Å². The van der Waals surface area contributed by atoms with Crippen LogP contribution >= 0.6 is 12.6 Å². The van der Waals surface area contributed by atoms with Crippen LogP contribution < -0.4 is 0 Å². The molecule has 0 saturated heterocycles. The molecule has 2 saturated carbocycles. The van der Waals surface area contributed by atoms with Gasteiger partial charge in [-0.25, -0.2) is 13.6 Å². The zero-order valence-electron chi connectivity index (χ0n) is 20.4. The van der Waals surface area contributed by atoms with Gasteiger partial charge >= 0.3 is 5.97 Å². The van der Waals surface area contributed by atoms with Crippen molar-refractivity contribution in [3.05, 3.63) is 47.7 Å². The van der Waals surface area contributed by atoms with Crippen molar-refractivity contribution in [3.8, 4) is 0 Å². The van der Waals surface area contributed by atoms with Crippen LogP contribution in [0.4, 0.5) is 8.78 Å². The Hall–Kier alpha value is -2.26. The highest BCUT2D eigenvalue weighted by Crippen LogP contribution is 2.70. The molecule has 0 amide bonds. The lowest BCUT2D eigenvalue weighted by Crippen LogP contribution is -2.74. The molecule has 0 aliphatic heterocycles. The van der Waals surface area contributed by atoms with Gasteiger partial charge < -0.3 is 14.3 Å². The summed E-state index contributed by atoms with van der Waals surface area (Å²) < 4.78 is 44.1. The van der Waals surface area contributed by atoms with Crippen molar-refractivity contribution in [2.24, 2.45) is 28.6 Å². The van der Waals surface area contributed by atoms with Crippen molar-refractivity contribution >= 4 is 29.5 Å². The van der Waals surface area contributed by atoms with E-state index < -0.39 is 62.9 Å². The molecule has 2 fully saturated rings. The van der Waals surface area contributed by atoms with E-state index in [1.54, 1.807) is 13.8 Å². The summed E-state index contributed by atoms with van der Waals surface area (Å²) in [6.45, 7) is 5.01. The molecule has 36 heavy (non-hydrogen) atoms. The Bertz CT molecular complexity index is 1190. The molecule has 5 rings (SSSR count).